The van der Waals surface area contributed by atoms with E-state index in [2.05, 4.69) is 6.07 Å². The van der Waals surface area contributed by atoms with Gasteiger partial charge in [0.25, 0.3) is 0 Å². The lowest BCUT2D eigenvalue weighted by molar-refractivity contribution is 0.0116. The minimum atomic E-state index is -0.502. The molecular weight excluding hydrogens is 254 g/mol. The zero-order valence-electron chi connectivity index (χ0n) is 12.4. The van der Waals surface area contributed by atoms with Crippen molar-refractivity contribution < 1.29 is 14.6 Å². The molecule has 0 radical (unpaired) electrons. The van der Waals surface area contributed by atoms with E-state index in [0.717, 1.165) is 12.0 Å². The van der Waals surface area contributed by atoms with E-state index >= 15 is 0 Å². The molecule has 1 aromatic carbocycles. The van der Waals surface area contributed by atoms with E-state index < -0.39 is 5.60 Å². The van der Waals surface area contributed by atoms with Gasteiger partial charge in [0, 0.05) is 13.2 Å². The maximum absolute atomic E-state index is 12.3. The number of hydrogen-bond donors (Lipinski definition) is 1. The van der Waals surface area contributed by atoms with E-state index in [4.69, 9.17) is 4.74 Å². The summed E-state index contributed by atoms with van der Waals surface area (Å²) in [6.45, 7) is 6.28. The summed E-state index contributed by atoms with van der Waals surface area (Å²) >= 11 is 0. The Labute approximate surface area is 120 Å². The van der Waals surface area contributed by atoms with Crippen molar-refractivity contribution in [2.45, 2.75) is 45.3 Å². The van der Waals surface area contributed by atoms with Gasteiger partial charge in [0.05, 0.1) is 6.04 Å². The lowest BCUT2D eigenvalue weighted by atomic mass is 9.91. The number of fused-ring (bicyclic) bond motifs is 1. The van der Waals surface area contributed by atoms with Gasteiger partial charge < -0.3 is 14.7 Å². The van der Waals surface area contributed by atoms with Gasteiger partial charge in [0.15, 0.2) is 0 Å². The molecule has 0 aromatic heterocycles. The van der Waals surface area contributed by atoms with Gasteiger partial charge in [-0.25, -0.2) is 4.79 Å². The molecule has 1 amide bonds. The molecule has 0 spiro atoms. The van der Waals surface area contributed by atoms with Crippen molar-refractivity contribution in [3.63, 3.8) is 0 Å². The summed E-state index contributed by atoms with van der Waals surface area (Å²) in [6, 6.07) is 8.01. The second-order valence-electron chi connectivity index (χ2n) is 6.15. The van der Waals surface area contributed by atoms with Crippen LogP contribution in [0, 0.1) is 0 Å². The molecular formula is C16H23NO3. The van der Waals surface area contributed by atoms with Gasteiger partial charge in [0.1, 0.15) is 5.60 Å². The summed E-state index contributed by atoms with van der Waals surface area (Å²) < 4.78 is 5.47. The van der Waals surface area contributed by atoms with Crippen LogP contribution < -0.4 is 0 Å². The van der Waals surface area contributed by atoms with Gasteiger partial charge in [-0.15, -0.1) is 0 Å². The van der Waals surface area contributed by atoms with Crippen molar-refractivity contribution in [2.24, 2.45) is 0 Å². The number of ether oxygens (including phenoxy) is 1. The van der Waals surface area contributed by atoms with E-state index in [1.165, 1.54) is 5.56 Å². The Morgan fingerprint density at radius 3 is 2.75 bits per heavy atom. The molecule has 1 unspecified atom stereocenters. The van der Waals surface area contributed by atoms with E-state index in [0.29, 0.717) is 13.0 Å². The molecule has 4 heteroatoms. The number of nitrogens with zero attached hydrogens (tertiary/aromatic N) is 1. The van der Waals surface area contributed by atoms with Crippen molar-refractivity contribution in [3.8, 4) is 0 Å². The maximum atomic E-state index is 12.3. The smallest absolute Gasteiger partial charge is 0.410 e. The van der Waals surface area contributed by atoms with Crippen LogP contribution in [0.4, 0.5) is 4.79 Å². The first kappa shape index (κ1) is 14.9. The predicted molar refractivity (Wildman–Crippen MR) is 77.5 cm³/mol. The van der Waals surface area contributed by atoms with Crippen molar-refractivity contribution >= 4 is 6.09 Å². The Morgan fingerprint density at radius 1 is 1.40 bits per heavy atom. The number of carbonyl (C=O) groups excluding carboxylic acids is 1. The third-order valence-corrected chi connectivity index (χ3v) is 3.44. The van der Waals surface area contributed by atoms with Gasteiger partial charge in [-0.05, 0) is 44.7 Å². The SMILES string of the molecule is CC(C)(C)OC(=O)N1CCc2ccccc2C1CCO. The summed E-state index contributed by atoms with van der Waals surface area (Å²) in [5, 5.41) is 9.30. The molecule has 0 saturated carbocycles. The highest BCUT2D eigenvalue weighted by molar-refractivity contribution is 5.69. The maximum Gasteiger partial charge on any atom is 0.410 e. The highest BCUT2D eigenvalue weighted by Crippen LogP contribution is 2.33. The molecule has 1 N–H and O–H groups in total. The fraction of sp³-hybridized carbons (Fsp3) is 0.562. The Morgan fingerprint density at radius 2 is 2.10 bits per heavy atom. The number of hydrogen-bond acceptors (Lipinski definition) is 3. The lowest BCUT2D eigenvalue weighted by Gasteiger charge is -2.38. The molecule has 1 aliphatic rings. The quantitative estimate of drug-likeness (QED) is 0.904. The summed E-state index contributed by atoms with van der Waals surface area (Å²) in [4.78, 5) is 14.1. The Hall–Kier alpha value is -1.55. The molecule has 0 saturated heterocycles. The molecule has 1 heterocycles. The molecule has 1 aromatic rings. The van der Waals surface area contributed by atoms with Gasteiger partial charge in [-0.2, -0.15) is 0 Å². The monoisotopic (exact) mass is 277 g/mol. The van der Waals surface area contributed by atoms with Crippen LogP contribution in [0.2, 0.25) is 0 Å². The van der Waals surface area contributed by atoms with Crippen LogP contribution in [0.1, 0.15) is 44.4 Å². The van der Waals surface area contributed by atoms with Crippen molar-refractivity contribution in [3.05, 3.63) is 35.4 Å². The topological polar surface area (TPSA) is 49.8 Å². The van der Waals surface area contributed by atoms with E-state index in [-0.39, 0.29) is 18.7 Å². The molecule has 0 bridgehead atoms. The minimum Gasteiger partial charge on any atom is -0.444 e. The van der Waals surface area contributed by atoms with E-state index in [9.17, 15) is 9.90 Å². The number of amides is 1. The second-order valence-corrected chi connectivity index (χ2v) is 6.15. The van der Waals surface area contributed by atoms with Crippen molar-refractivity contribution in [1.29, 1.82) is 0 Å². The normalized spacial score (nSPS) is 18.6. The first-order valence-electron chi connectivity index (χ1n) is 7.10. The number of aliphatic hydroxyl groups excluding tert-OH is 1. The van der Waals surface area contributed by atoms with Crippen molar-refractivity contribution in [2.75, 3.05) is 13.2 Å². The Bertz CT molecular complexity index is 479. The van der Waals surface area contributed by atoms with Crippen LogP contribution >= 0.6 is 0 Å². The van der Waals surface area contributed by atoms with Crippen LogP contribution in [0.25, 0.3) is 0 Å². The largest absolute Gasteiger partial charge is 0.444 e. The molecule has 110 valence electrons. The number of rotatable bonds is 2. The summed E-state index contributed by atoms with van der Waals surface area (Å²) in [7, 11) is 0. The summed E-state index contributed by atoms with van der Waals surface area (Å²) in [5.41, 5.74) is 1.88. The van der Waals surface area contributed by atoms with E-state index in [1.807, 2.05) is 39.0 Å². The van der Waals surface area contributed by atoms with Crippen molar-refractivity contribution in [1.82, 2.24) is 4.90 Å². The summed E-state index contributed by atoms with van der Waals surface area (Å²) in [6.07, 6.45) is 1.07. The van der Waals surface area contributed by atoms with Crippen LogP contribution in [-0.2, 0) is 11.2 Å². The van der Waals surface area contributed by atoms with Crippen LogP contribution in [-0.4, -0.2) is 34.9 Å². The zero-order chi connectivity index (χ0) is 14.8. The van der Waals surface area contributed by atoms with Crippen LogP contribution in [0.15, 0.2) is 24.3 Å². The number of carbonyl (C=O) groups is 1. The Balaban J connectivity index is 2.24. The molecule has 2 rings (SSSR count). The van der Waals surface area contributed by atoms with Gasteiger partial charge in [-0.1, -0.05) is 24.3 Å². The average Bonchev–Trinajstić information content (AvgIpc) is 2.37. The highest BCUT2D eigenvalue weighted by Gasteiger charge is 2.32. The zero-order valence-corrected chi connectivity index (χ0v) is 12.4. The Kier molecular flexibility index (Phi) is 4.33. The minimum absolute atomic E-state index is 0.0539. The lowest BCUT2D eigenvalue weighted by Crippen LogP contribution is -2.43. The third kappa shape index (κ3) is 3.31. The van der Waals surface area contributed by atoms with Gasteiger partial charge in [0.2, 0.25) is 0 Å². The molecule has 4 nitrogen and oxygen atoms in total. The molecule has 1 aliphatic heterocycles. The predicted octanol–water partition coefficient (Wildman–Crippen LogP) is 2.90. The first-order valence-corrected chi connectivity index (χ1v) is 7.10. The number of benzene rings is 1. The third-order valence-electron chi connectivity index (χ3n) is 3.44. The van der Waals surface area contributed by atoms with Gasteiger partial charge >= 0.3 is 6.09 Å². The van der Waals surface area contributed by atoms with E-state index in [1.54, 1.807) is 4.90 Å². The second kappa shape index (κ2) is 5.83. The van der Waals surface area contributed by atoms with Gasteiger partial charge in [-0.3, -0.25) is 0 Å². The fourth-order valence-electron chi connectivity index (χ4n) is 2.62. The molecule has 20 heavy (non-hydrogen) atoms. The highest BCUT2D eigenvalue weighted by atomic mass is 16.6. The first-order chi connectivity index (χ1) is 9.42. The number of aliphatic hydroxyl groups is 1. The van der Waals surface area contributed by atoms with Crippen LogP contribution in [0.3, 0.4) is 0 Å². The molecule has 0 fully saturated rings. The molecule has 0 aliphatic carbocycles. The molecule has 1 atom stereocenters. The standard InChI is InChI=1S/C16H23NO3/c1-16(2,3)20-15(19)17-10-8-12-6-4-5-7-13(12)14(17)9-11-18/h4-7,14,18H,8-11H2,1-3H3. The summed E-state index contributed by atoms with van der Waals surface area (Å²) in [5.74, 6) is 0. The van der Waals surface area contributed by atoms with Crippen LogP contribution in [0.5, 0.6) is 0 Å². The average molecular weight is 277 g/mol. The fourth-order valence-corrected chi connectivity index (χ4v) is 2.62.